The van der Waals surface area contributed by atoms with Crippen molar-refractivity contribution >= 4 is 5.91 Å². The normalized spacial score (nSPS) is 14.0. The highest BCUT2D eigenvalue weighted by molar-refractivity contribution is 5.78. The third-order valence-corrected chi connectivity index (χ3v) is 3.65. The van der Waals surface area contributed by atoms with Gasteiger partial charge in [-0.3, -0.25) is 9.69 Å². The molecule has 112 valence electrons. The molecule has 21 heavy (non-hydrogen) atoms. The number of amides is 1. The van der Waals surface area contributed by atoms with Crippen molar-refractivity contribution in [3.63, 3.8) is 0 Å². The molecule has 0 aromatic heterocycles. The first-order valence-electron chi connectivity index (χ1n) is 7.22. The number of halogens is 1. The lowest BCUT2D eigenvalue weighted by Crippen LogP contribution is -2.39. The summed E-state index contributed by atoms with van der Waals surface area (Å²) in [6.45, 7) is 2.08. The lowest BCUT2D eigenvalue weighted by atomic mass is 10.2. The van der Waals surface area contributed by atoms with Crippen LogP contribution >= 0.6 is 0 Å². The van der Waals surface area contributed by atoms with E-state index in [-0.39, 0.29) is 11.7 Å². The zero-order chi connectivity index (χ0) is 15.2. The second kappa shape index (κ2) is 7.24. The summed E-state index contributed by atoms with van der Waals surface area (Å²) >= 11 is 0. The fraction of sp³-hybridized carbons (Fsp3) is 0.471. The van der Waals surface area contributed by atoms with Gasteiger partial charge in [0.05, 0.1) is 13.1 Å². The van der Waals surface area contributed by atoms with Crippen LogP contribution in [0.5, 0.6) is 0 Å². The van der Waals surface area contributed by atoms with E-state index in [1.165, 1.54) is 25.0 Å². The zero-order valence-corrected chi connectivity index (χ0v) is 12.4. The Kier molecular flexibility index (Phi) is 5.35. The van der Waals surface area contributed by atoms with Gasteiger partial charge in [-0.15, -0.1) is 6.42 Å². The Morgan fingerprint density at radius 3 is 2.62 bits per heavy atom. The average Bonchev–Trinajstić information content (AvgIpc) is 3.25. The topological polar surface area (TPSA) is 23.6 Å². The van der Waals surface area contributed by atoms with Crippen LogP contribution in [0.3, 0.4) is 0 Å². The summed E-state index contributed by atoms with van der Waals surface area (Å²) in [6, 6.07) is 6.28. The Balaban J connectivity index is 1.89. The fourth-order valence-electron chi connectivity index (χ4n) is 2.25. The van der Waals surface area contributed by atoms with Crippen molar-refractivity contribution in [3.05, 3.63) is 35.6 Å². The van der Waals surface area contributed by atoms with Crippen molar-refractivity contribution in [2.45, 2.75) is 19.4 Å². The van der Waals surface area contributed by atoms with Crippen LogP contribution in [0.15, 0.2) is 24.3 Å². The maximum Gasteiger partial charge on any atom is 0.236 e. The standard InChI is InChI=1S/C17H21FN2O/c1-3-10-20(12-15-6-8-16(18)9-7-15)13-17(21)19(2)11-14-4-5-14/h1,6-9,14H,4-5,10-13H2,2H3. The Hall–Kier alpha value is -1.86. The summed E-state index contributed by atoms with van der Waals surface area (Å²) < 4.78 is 12.9. The highest BCUT2D eigenvalue weighted by Crippen LogP contribution is 2.29. The minimum Gasteiger partial charge on any atom is -0.344 e. The molecule has 1 aliphatic carbocycles. The number of rotatable bonds is 7. The number of likely N-dealkylation sites (N-methyl/N-ethyl adjacent to an activating group) is 1. The number of nitrogens with zero attached hydrogens (tertiary/aromatic N) is 2. The fourth-order valence-corrected chi connectivity index (χ4v) is 2.25. The van der Waals surface area contributed by atoms with Crippen LogP contribution in [0.25, 0.3) is 0 Å². The van der Waals surface area contributed by atoms with E-state index >= 15 is 0 Å². The molecule has 0 spiro atoms. The van der Waals surface area contributed by atoms with Gasteiger partial charge in [0.25, 0.3) is 0 Å². The molecule has 4 heteroatoms. The van der Waals surface area contributed by atoms with Gasteiger partial charge in [-0.1, -0.05) is 18.1 Å². The number of carbonyl (C=O) groups excluding carboxylic acids is 1. The molecule has 1 aromatic carbocycles. The van der Waals surface area contributed by atoms with Crippen molar-refractivity contribution in [1.29, 1.82) is 0 Å². The third-order valence-electron chi connectivity index (χ3n) is 3.65. The van der Waals surface area contributed by atoms with Gasteiger partial charge in [0.15, 0.2) is 0 Å². The van der Waals surface area contributed by atoms with Crippen LogP contribution in [0.4, 0.5) is 4.39 Å². The van der Waals surface area contributed by atoms with E-state index in [0.29, 0.717) is 25.6 Å². The molecule has 0 N–H and O–H groups in total. The quantitative estimate of drug-likeness (QED) is 0.718. The van der Waals surface area contributed by atoms with Crippen LogP contribution in [-0.4, -0.2) is 42.4 Å². The molecule has 1 aromatic rings. The maximum atomic E-state index is 12.9. The summed E-state index contributed by atoms with van der Waals surface area (Å²) in [6.07, 6.45) is 7.82. The van der Waals surface area contributed by atoms with E-state index in [4.69, 9.17) is 6.42 Å². The number of hydrogen-bond donors (Lipinski definition) is 0. The molecule has 0 aliphatic heterocycles. The maximum absolute atomic E-state index is 12.9. The van der Waals surface area contributed by atoms with Crippen LogP contribution in [0.1, 0.15) is 18.4 Å². The third kappa shape index (κ3) is 5.20. The van der Waals surface area contributed by atoms with Gasteiger partial charge in [0.1, 0.15) is 5.82 Å². The van der Waals surface area contributed by atoms with E-state index in [9.17, 15) is 9.18 Å². The van der Waals surface area contributed by atoms with Gasteiger partial charge in [0, 0.05) is 20.1 Å². The number of terminal acetylenes is 1. The van der Waals surface area contributed by atoms with Gasteiger partial charge < -0.3 is 4.90 Å². The Bertz CT molecular complexity index is 517. The van der Waals surface area contributed by atoms with Crippen molar-refractivity contribution in [1.82, 2.24) is 9.80 Å². The number of benzene rings is 1. The highest BCUT2D eigenvalue weighted by atomic mass is 19.1. The van der Waals surface area contributed by atoms with Crippen molar-refractivity contribution in [2.24, 2.45) is 5.92 Å². The average molecular weight is 288 g/mol. The Morgan fingerprint density at radius 2 is 2.05 bits per heavy atom. The molecule has 0 atom stereocenters. The van der Waals surface area contributed by atoms with E-state index in [2.05, 4.69) is 5.92 Å². The zero-order valence-electron chi connectivity index (χ0n) is 12.4. The first kappa shape index (κ1) is 15.5. The summed E-state index contributed by atoms with van der Waals surface area (Å²) in [4.78, 5) is 15.9. The molecule has 1 amide bonds. The first-order chi connectivity index (χ1) is 10.1. The van der Waals surface area contributed by atoms with Gasteiger partial charge >= 0.3 is 0 Å². The van der Waals surface area contributed by atoms with E-state index in [0.717, 1.165) is 12.1 Å². The molecule has 0 bridgehead atoms. The second-order valence-corrected chi connectivity index (χ2v) is 5.69. The molecule has 0 unspecified atom stereocenters. The highest BCUT2D eigenvalue weighted by Gasteiger charge is 2.25. The van der Waals surface area contributed by atoms with E-state index < -0.39 is 0 Å². The molecule has 0 radical (unpaired) electrons. The van der Waals surface area contributed by atoms with Crippen LogP contribution < -0.4 is 0 Å². The molecular weight excluding hydrogens is 267 g/mol. The predicted octanol–water partition coefficient (Wildman–Crippen LogP) is 2.13. The minimum absolute atomic E-state index is 0.0826. The lowest BCUT2D eigenvalue weighted by Gasteiger charge is -2.23. The monoisotopic (exact) mass is 288 g/mol. The molecule has 1 fully saturated rings. The molecule has 0 heterocycles. The van der Waals surface area contributed by atoms with Crippen LogP contribution in [0.2, 0.25) is 0 Å². The molecule has 1 aliphatic rings. The van der Waals surface area contributed by atoms with Crippen LogP contribution in [0, 0.1) is 24.1 Å². The first-order valence-corrected chi connectivity index (χ1v) is 7.22. The smallest absolute Gasteiger partial charge is 0.236 e. The van der Waals surface area contributed by atoms with Gasteiger partial charge in [-0.2, -0.15) is 0 Å². The molecule has 3 nitrogen and oxygen atoms in total. The largest absolute Gasteiger partial charge is 0.344 e. The molecule has 2 rings (SSSR count). The van der Waals surface area contributed by atoms with Crippen molar-refractivity contribution < 1.29 is 9.18 Å². The Labute approximate surface area is 125 Å². The summed E-state index contributed by atoms with van der Waals surface area (Å²) in [5.41, 5.74) is 0.948. The SMILES string of the molecule is C#CCN(CC(=O)N(C)CC1CC1)Cc1ccc(F)cc1. The second-order valence-electron chi connectivity index (χ2n) is 5.69. The summed E-state index contributed by atoms with van der Waals surface area (Å²) in [7, 11) is 1.84. The van der Waals surface area contributed by atoms with Crippen LogP contribution in [-0.2, 0) is 11.3 Å². The minimum atomic E-state index is -0.262. The van der Waals surface area contributed by atoms with E-state index in [1.54, 1.807) is 17.0 Å². The summed E-state index contributed by atoms with van der Waals surface area (Å²) in [5, 5.41) is 0. The van der Waals surface area contributed by atoms with Gasteiger partial charge in [-0.05, 0) is 36.5 Å². The number of carbonyl (C=O) groups is 1. The van der Waals surface area contributed by atoms with Crippen molar-refractivity contribution in [3.8, 4) is 12.3 Å². The predicted molar refractivity (Wildman–Crippen MR) is 80.9 cm³/mol. The molecule has 0 saturated heterocycles. The van der Waals surface area contributed by atoms with E-state index in [1.807, 2.05) is 11.9 Å². The summed E-state index contributed by atoms with van der Waals surface area (Å²) in [5.74, 6) is 3.08. The Morgan fingerprint density at radius 1 is 1.38 bits per heavy atom. The molecular formula is C17H21FN2O. The van der Waals surface area contributed by atoms with Gasteiger partial charge in [-0.25, -0.2) is 4.39 Å². The van der Waals surface area contributed by atoms with Crippen molar-refractivity contribution in [2.75, 3.05) is 26.7 Å². The molecule has 1 saturated carbocycles. The number of hydrogen-bond acceptors (Lipinski definition) is 2. The lowest BCUT2D eigenvalue weighted by molar-refractivity contribution is -0.131. The van der Waals surface area contributed by atoms with Gasteiger partial charge in [0.2, 0.25) is 5.91 Å².